The summed E-state index contributed by atoms with van der Waals surface area (Å²) < 4.78 is 1.96. The third kappa shape index (κ3) is 3.15. The average molecular weight is 320 g/mol. The highest BCUT2D eigenvalue weighted by Gasteiger charge is 2.23. The summed E-state index contributed by atoms with van der Waals surface area (Å²) in [6.07, 6.45) is 6.28. The van der Waals surface area contributed by atoms with Gasteiger partial charge in [-0.2, -0.15) is 5.10 Å². The second kappa shape index (κ2) is 6.65. The molecule has 1 saturated heterocycles. The molecule has 4 heteroatoms. The summed E-state index contributed by atoms with van der Waals surface area (Å²) in [4.78, 5) is 2.52. The molecule has 0 bridgehead atoms. The predicted octanol–water partition coefficient (Wildman–Crippen LogP) is 3.58. The van der Waals surface area contributed by atoms with Gasteiger partial charge in [0, 0.05) is 43.1 Å². The van der Waals surface area contributed by atoms with Crippen LogP contribution in [0.2, 0.25) is 0 Å². The fraction of sp³-hybridized carbons (Fsp3) is 0.350. The predicted molar refractivity (Wildman–Crippen MR) is 98.3 cm³/mol. The average Bonchev–Trinajstić information content (AvgIpc) is 3.23. The summed E-state index contributed by atoms with van der Waals surface area (Å²) >= 11 is 0. The maximum atomic E-state index is 4.44. The van der Waals surface area contributed by atoms with Crippen molar-refractivity contribution in [2.75, 3.05) is 18.4 Å². The molecule has 0 saturated carbocycles. The number of likely N-dealkylation sites (tertiary alicyclic amines) is 1. The molecule has 0 radical (unpaired) electrons. The molecule has 1 fully saturated rings. The van der Waals surface area contributed by atoms with Crippen molar-refractivity contribution in [2.45, 2.75) is 32.4 Å². The van der Waals surface area contributed by atoms with Crippen LogP contribution in [0.15, 0.2) is 54.9 Å². The van der Waals surface area contributed by atoms with Crippen molar-refractivity contribution in [3.8, 4) is 0 Å². The van der Waals surface area contributed by atoms with Crippen LogP contribution in [0.4, 0.5) is 5.69 Å². The van der Waals surface area contributed by atoms with E-state index in [1.807, 2.05) is 23.0 Å². The number of nitrogens with one attached hydrogen (secondary N) is 1. The monoisotopic (exact) mass is 320 g/mol. The molecule has 1 aliphatic rings. The Kier molecular flexibility index (Phi) is 4.22. The van der Waals surface area contributed by atoms with E-state index in [9.17, 15) is 0 Å². The van der Waals surface area contributed by atoms with Crippen LogP contribution in [-0.4, -0.2) is 33.6 Å². The van der Waals surface area contributed by atoms with Gasteiger partial charge in [-0.1, -0.05) is 25.1 Å². The largest absolute Gasteiger partial charge is 0.381 e. The molecule has 3 heterocycles. The minimum atomic E-state index is 0.527. The number of rotatable bonds is 5. The van der Waals surface area contributed by atoms with Crippen molar-refractivity contribution in [3.63, 3.8) is 0 Å². The summed E-state index contributed by atoms with van der Waals surface area (Å²) in [6.45, 7) is 5.39. The highest BCUT2D eigenvalue weighted by Crippen LogP contribution is 2.20. The molecule has 124 valence electrons. The summed E-state index contributed by atoms with van der Waals surface area (Å²) in [6, 6.07) is 15.5. The van der Waals surface area contributed by atoms with Gasteiger partial charge in [0.15, 0.2) is 0 Å². The number of hydrogen-bond donors (Lipinski definition) is 1. The quantitative estimate of drug-likeness (QED) is 0.780. The first-order valence-electron chi connectivity index (χ1n) is 8.81. The number of fused-ring (bicyclic) bond motifs is 1. The Morgan fingerprint density at radius 1 is 1.21 bits per heavy atom. The third-order valence-corrected chi connectivity index (χ3v) is 4.88. The lowest BCUT2D eigenvalue weighted by Gasteiger charge is -2.17. The van der Waals surface area contributed by atoms with Gasteiger partial charge in [-0.25, -0.2) is 4.52 Å². The van der Waals surface area contributed by atoms with Crippen LogP contribution >= 0.6 is 0 Å². The minimum absolute atomic E-state index is 0.527. The fourth-order valence-electron chi connectivity index (χ4n) is 3.56. The first-order chi connectivity index (χ1) is 11.8. The van der Waals surface area contributed by atoms with Gasteiger partial charge in [0.2, 0.25) is 0 Å². The smallest absolute Gasteiger partial charge is 0.0706 e. The van der Waals surface area contributed by atoms with Gasteiger partial charge < -0.3 is 5.32 Å². The van der Waals surface area contributed by atoms with Gasteiger partial charge in [-0.3, -0.25) is 4.90 Å². The normalized spacial score (nSPS) is 18.3. The summed E-state index contributed by atoms with van der Waals surface area (Å²) in [5.41, 5.74) is 5.16. The molecule has 1 N–H and O–H groups in total. The van der Waals surface area contributed by atoms with Crippen molar-refractivity contribution < 1.29 is 0 Å². The van der Waals surface area contributed by atoms with E-state index in [1.165, 1.54) is 28.8 Å². The molecule has 1 unspecified atom stereocenters. The first kappa shape index (κ1) is 15.2. The van der Waals surface area contributed by atoms with Crippen molar-refractivity contribution in [1.29, 1.82) is 0 Å². The Morgan fingerprint density at radius 2 is 2.17 bits per heavy atom. The summed E-state index contributed by atoms with van der Waals surface area (Å²) in [7, 11) is 0. The Hall–Kier alpha value is -2.33. The van der Waals surface area contributed by atoms with Crippen LogP contribution in [0.3, 0.4) is 0 Å². The van der Waals surface area contributed by atoms with E-state index in [4.69, 9.17) is 0 Å². The van der Waals surface area contributed by atoms with Gasteiger partial charge in [0.25, 0.3) is 0 Å². The molecule has 1 atom stereocenters. The Balaban J connectivity index is 1.39. The van der Waals surface area contributed by atoms with Crippen molar-refractivity contribution >= 4 is 11.2 Å². The van der Waals surface area contributed by atoms with E-state index < -0.39 is 0 Å². The van der Waals surface area contributed by atoms with E-state index >= 15 is 0 Å². The number of hydrogen-bond acceptors (Lipinski definition) is 3. The molecule has 3 aromatic rings. The van der Waals surface area contributed by atoms with Crippen molar-refractivity contribution in [2.24, 2.45) is 0 Å². The molecular formula is C20H24N4. The topological polar surface area (TPSA) is 32.6 Å². The summed E-state index contributed by atoms with van der Waals surface area (Å²) in [5, 5.41) is 8.14. The van der Waals surface area contributed by atoms with Crippen LogP contribution < -0.4 is 5.32 Å². The van der Waals surface area contributed by atoms with E-state index in [0.29, 0.717) is 6.04 Å². The second-order valence-electron chi connectivity index (χ2n) is 6.62. The van der Waals surface area contributed by atoms with Crippen molar-refractivity contribution in [3.05, 3.63) is 66.0 Å². The molecule has 1 aliphatic heterocycles. The van der Waals surface area contributed by atoms with Gasteiger partial charge in [-0.05, 0) is 42.7 Å². The van der Waals surface area contributed by atoms with E-state index in [1.54, 1.807) is 0 Å². The Labute approximate surface area is 143 Å². The van der Waals surface area contributed by atoms with E-state index in [-0.39, 0.29) is 0 Å². The van der Waals surface area contributed by atoms with Crippen LogP contribution in [0.1, 0.15) is 24.5 Å². The van der Waals surface area contributed by atoms with Crippen LogP contribution in [0.5, 0.6) is 0 Å². The maximum Gasteiger partial charge on any atom is 0.0706 e. The maximum absolute atomic E-state index is 4.44. The first-order valence-corrected chi connectivity index (χ1v) is 8.81. The minimum Gasteiger partial charge on any atom is -0.381 e. The van der Waals surface area contributed by atoms with E-state index in [2.05, 4.69) is 58.6 Å². The Bertz CT molecular complexity index is 823. The fourth-order valence-corrected chi connectivity index (χ4v) is 3.56. The zero-order valence-corrected chi connectivity index (χ0v) is 14.2. The number of anilines is 1. The molecule has 0 aliphatic carbocycles. The lowest BCUT2D eigenvalue weighted by Crippen LogP contribution is -2.25. The molecule has 2 aromatic heterocycles. The molecular weight excluding hydrogens is 296 g/mol. The SMILES string of the molecule is CCc1cccc(NC2CCN(Cc3cnn4ccccc34)C2)c1. The zero-order chi connectivity index (χ0) is 16.4. The molecule has 24 heavy (non-hydrogen) atoms. The Morgan fingerprint density at radius 3 is 3.08 bits per heavy atom. The molecule has 0 spiro atoms. The molecule has 0 amide bonds. The molecule has 4 rings (SSSR count). The van der Waals surface area contributed by atoms with E-state index in [0.717, 1.165) is 26.1 Å². The molecule has 4 nitrogen and oxygen atoms in total. The number of nitrogens with zero attached hydrogens (tertiary/aromatic N) is 3. The van der Waals surface area contributed by atoms with Gasteiger partial charge in [-0.15, -0.1) is 0 Å². The highest BCUT2D eigenvalue weighted by molar-refractivity contribution is 5.53. The van der Waals surface area contributed by atoms with Crippen LogP contribution in [-0.2, 0) is 13.0 Å². The van der Waals surface area contributed by atoms with Crippen LogP contribution in [0, 0.1) is 0 Å². The van der Waals surface area contributed by atoms with Gasteiger partial charge in [0.1, 0.15) is 0 Å². The summed E-state index contributed by atoms with van der Waals surface area (Å²) in [5.74, 6) is 0. The second-order valence-corrected chi connectivity index (χ2v) is 6.62. The van der Waals surface area contributed by atoms with Gasteiger partial charge >= 0.3 is 0 Å². The van der Waals surface area contributed by atoms with Crippen molar-refractivity contribution in [1.82, 2.24) is 14.5 Å². The number of aromatic nitrogens is 2. The number of pyridine rings is 1. The van der Waals surface area contributed by atoms with Crippen LogP contribution in [0.25, 0.3) is 5.52 Å². The highest BCUT2D eigenvalue weighted by atomic mass is 15.2. The zero-order valence-electron chi connectivity index (χ0n) is 14.2. The standard InChI is InChI=1S/C20H24N4/c1-2-16-6-5-7-18(12-16)22-19-9-11-23(15-19)14-17-13-21-24-10-4-3-8-20(17)24/h3-8,10,12-13,19,22H,2,9,11,14-15H2,1H3. The third-order valence-electron chi connectivity index (χ3n) is 4.88. The van der Waals surface area contributed by atoms with Gasteiger partial charge in [0.05, 0.1) is 11.7 Å². The number of aryl methyl sites for hydroxylation is 1. The molecule has 1 aromatic carbocycles. The lowest BCUT2D eigenvalue weighted by atomic mass is 10.1. The lowest BCUT2D eigenvalue weighted by molar-refractivity contribution is 0.330. The number of benzene rings is 1.